The van der Waals surface area contributed by atoms with E-state index in [9.17, 15) is 13.2 Å². The van der Waals surface area contributed by atoms with Crippen molar-refractivity contribution in [3.05, 3.63) is 18.0 Å². The highest BCUT2D eigenvalue weighted by Crippen LogP contribution is 2.18. The molecule has 19 heavy (non-hydrogen) atoms. The number of hydrogen-bond donors (Lipinski definition) is 1. The van der Waals surface area contributed by atoms with Gasteiger partial charge in [0.25, 0.3) is 0 Å². The summed E-state index contributed by atoms with van der Waals surface area (Å²) in [6, 6.07) is 1.94. The number of nitrogens with zero attached hydrogens (tertiary/aromatic N) is 3. The van der Waals surface area contributed by atoms with E-state index in [-0.39, 0.29) is 25.7 Å². The van der Waals surface area contributed by atoms with Crippen molar-refractivity contribution in [2.24, 2.45) is 0 Å². The summed E-state index contributed by atoms with van der Waals surface area (Å²) < 4.78 is 38.9. The van der Waals surface area contributed by atoms with Crippen molar-refractivity contribution in [3.63, 3.8) is 0 Å². The van der Waals surface area contributed by atoms with Gasteiger partial charge < -0.3 is 5.11 Å². The van der Waals surface area contributed by atoms with Gasteiger partial charge in [0.1, 0.15) is 0 Å². The van der Waals surface area contributed by atoms with Gasteiger partial charge in [-0.15, -0.1) is 0 Å². The second-order valence-electron chi connectivity index (χ2n) is 4.59. The molecular formula is C12H20F3N3O. The molecule has 0 aromatic carbocycles. The van der Waals surface area contributed by atoms with E-state index < -0.39 is 12.7 Å². The van der Waals surface area contributed by atoms with Crippen LogP contribution in [0.5, 0.6) is 0 Å². The lowest BCUT2D eigenvalue weighted by Gasteiger charge is -2.21. The highest BCUT2D eigenvalue weighted by molar-refractivity contribution is 4.99. The van der Waals surface area contributed by atoms with Gasteiger partial charge >= 0.3 is 6.18 Å². The van der Waals surface area contributed by atoms with Crippen molar-refractivity contribution in [1.29, 1.82) is 0 Å². The molecule has 0 fully saturated rings. The minimum absolute atomic E-state index is 0.0182. The van der Waals surface area contributed by atoms with Crippen LogP contribution in [0.2, 0.25) is 0 Å². The number of hydrogen-bond acceptors (Lipinski definition) is 3. The maximum atomic E-state index is 12.4. The molecule has 1 aromatic rings. The van der Waals surface area contributed by atoms with Gasteiger partial charge in [-0.2, -0.15) is 18.3 Å². The molecule has 1 atom stereocenters. The number of aromatic nitrogens is 2. The first-order valence-corrected chi connectivity index (χ1v) is 6.29. The van der Waals surface area contributed by atoms with Crippen LogP contribution in [0.4, 0.5) is 13.2 Å². The standard InChI is InChI=1S/C12H20F3N3O/c1-3-10(2)18-5-4-11(16-18)8-17(6-7-19)9-12(13,14)15/h4-5,10,19H,3,6-9H2,1-2H3. The van der Waals surface area contributed by atoms with E-state index >= 15 is 0 Å². The fourth-order valence-electron chi connectivity index (χ4n) is 1.73. The number of alkyl halides is 3. The van der Waals surface area contributed by atoms with E-state index in [0.717, 1.165) is 11.3 Å². The van der Waals surface area contributed by atoms with Crippen LogP contribution in [-0.4, -0.2) is 45.7 Å². The minimum atomic E-state index is -4.27. The van der Waals surface area contributed by atoms with Crippen molar-refractivity contribution in [1.82, 2.24) is 14.7 Å². The highest BCUT2D eigenvalue weighted by Gasteiger charge is 2.30. The zero-order valence-electron chi connectivity index (χ0n) is 11.2. The van der Waals surface area contributed by atoms with E-state index in [1.807, 2.05) is 13.8 Å². The lowest BCUT2D eigenvalue weighted by atomic mass is 10.3. The highest BCUT2D eigenvalue weighted by atomic mass is 19.4. The summed E-state index contributed by atoms with van der Waals surface area (Å²) in [6.45, 7) is 2.75. The lowest BCUT2D eigenvalue weighted by Crippen LogP contribution is -2.35. The maximum Gasteiger partial charge on any atom is 0.401 e. The SMILES string of the molecule is CCC(C)n1ccc(CN(CCO)CC(F)(F)F)n1. The van der Waals surface area contributed by atoms with Gasteiger partial charge in [0.05, 0.1) is 18.8 Å². The molecule has 1 N–H and O–H groups in total. The molecule has 1 heterocycles. The molecule has 1 aromatic heterocycles. The molecular weight excluding hydrogens is 259 g/mol. The second-order valence-corrected chi connectivity index (χ2v) is 4.59. The molecule has 0 saturated carbocycles. The van der Waals surface area contributed by atoms with Gasteiger partial charge in [-0.05, 0) is 19.4 Å². The molecule has 0 saturated heterocycles. The van der Waals surface area contributed by atoms with E-state index in [2.05, 4.69) is 5.10 Å². The first-order chi connectivity index (χ1) is 8.85. The van der Waals surface area contributed by atoms with Crippen LogP contribution in [0, 0.1) is 0 Å². The Bertz CT molecular complexity index is 379. The third-order valence-corrected chi connectivity index (χ3v) is 2.91. The molecule has 4 nitrogen and oxygen atoms in total. The van der Waals surface area contributed by atoms with Gasteiger partial charge in [0, 0.05) is 25.3 Å². The molecule has 1 rings (SSSR count). The Morgan fingerprint density at radius 2 is 2.16 bits per heavy atom. The van der Waals surface area contributed by atoms with E-state index in [1.54, 1.807) is 16.9 Å². The number of halogens is 3. The smallest absolute Gasteiger partial charge is 0.395 e. The summed E-state index contributed by atoms with van der Waals surface area (Å²) >= 11 is 0. The normalized spacial score (nSPS) is 14.1. The molecule has 0 aliphatic rings. The summed E-state index contributed by atoms with van der Waals surface area (Å²) in [4.78, 5) is 1.14. The quantitative estimate of drug-likeness (QED) is 0.832. The second kappa shape index (κ2) is 6.91. The van der Waals surface area contributed by atoms with Crippen molar-refractivity contribution >= 4 is 0 Å². The van der Waals surface area contributed by atoms with Crippen molar-refractivity contribution in [2.75, 3.05) is 19.7 Å². The van der Waals surface area contributed by atoms with E-state index in [1.165, 1.54) is 0 Å². The lowest BCUT2D eigenvalue weighted by molar-refractivity contribution is -0.148. The number of aliphatic hydroxyl groups excluding tert-OH is 1. The maximum absolute atomic E-state index is 12.4. The molecule has 0 bridgehead atoms. The van der Waals surface area contributed by atoms with Gasteiger partial charge in [0.2, 0.25) is 0 Å². The average Bonchev–Trinajstić information content (AvgIpc) is 2.74. The molecule has 110 valence electrons. The molecule has 1 unspecified atom stereocenters. The van der Waals surface area contributed by atoms with Crippen molar-refractivity contribution < 1.29 is 18.3 Å². The largest absolute Gasteiger partial charge is 0.401 e. The molecule has 0 radical (unpaired) electrons. The number of aliphatic hydroxyl groups is 1. The van der Waals surface area contributed by atoms with Crippen molar-refractivity contribution in [3.8, 4) is 0 Å². The third-order valence-electron chi connectivity index (χ3n) is 2.91. The summed E-state index contributed by atoms with van der Waals surface area (Å²) in [5.41, 5.74) is 0.581. The predicted octanol–water partition coefficient (Wildman–Crippen LogP) is 2.21. The summed E-state index contributed by atoms with van der Waals surface area (Å²) in [6.07, 6.45) is -1.59. The predicted molar refractivity (Wildman–Crippen MR) is 65.6 cm³/mol. The van der Waals surface area contributed by atoms with Gasteiger partial charge in [-0.3, -0.25) is 9.58 Å². The Kier molecular flexibility index (Phi) is 5.81. The fraction of sp³-hybridized carbons (Fsp3) is 0.750. The van der Waals surface area contributed by atoms with E-state index in [0.29, 0.717) is 5.69 Å². The average molecular weight is 279 g/mol. The van der Waals surface area contributed by atoms with Crippen LogP contribution >= 0.6 is 0 Å². The van der Waals surface area contributed by atoms with Crippen molar-refractivity contribution in [2.45, 2.75) is 39.0 Å². The first kappa shape index (κ1) is 16.0. The van der Waals surface area contributed by atoms with Crippen LogP contribution in [0.25, 0.3) is 0 Å². The zero-order valence-corrected chi connectivity index (χ0v) is 11.2. The Morgan fingerprint density at radius 3 is 2.68 bits per heavy atom. The zero-order chi connectivity index (χ0) is 14.5. The third kappa shape index (κ3) is 5.61. The Labute approximate surface area is 110 Å². The molecule has 0 aliphatic carbocycles. The topological polar surface area (TPSA) is 41.3 Å². The summed E-state index contributed by atoms with van der Waals surface area (Å²) in [5.74, 6) is 0. The van der Waals surface area contributed by atoms with Crippen LogP contribution < -0.4 is 0 Å². The van der Waals surface area contributed by atoms with Crippen LogP contribution in [0.15, 0.2) is 12.3 Å². The van der Waals surface area contributed by atoms with Crippen LogP contribution in [0.1, 0.15) is 32.0 Å². The summed E-state index contributed by atoms with van der Waals surface area (Å²) in [7, 11) is 0. The van der Waals surface area contributed by atoms with Gasteiger partial charge in [0.15, 0.2) is 0 Å². The number of rotatable bonds is 7. The monoisotopic (exact) mass is 279 g/mol. The molecule has 0 amide bonds. The van der Waals surface area contributed by atoms with E-state index in [4.69, 9.17) is 5.11 Å². The van der Waals surface area contributed by atoms with Gasteiger partial charge in [-0.25, -0.2) is 0 Å². The Balaban J connectivity index is 2.65. The molecule has 0 spiro atoms. The fourth-order valence-corrected chi connectivity index (χ4v) is 1.73. The minimum Gasteiger partial charge on any atom is -0.395 e. The van der Waals surface area contributed by atoms with Crippen LogP contribution in [0.3, 0.4) is 0 Å². The Hall–Kier alpha value is -1.08. The first-order valence-electron chi connectivity index (χ1n) is 6.29. The molecule has 7 heteroatoms. The summed E-state index contributed by atoms with van der Waals surface area (Å²) in [5, 5.41) is 13.1. The van der Waals surface area contributed by atoms with Crippen LogP contribution in [-0.2, 0) is 6.54 Å². The Morgan fingerprint density at radius 1 is 1.47 bits per heavy atom. The molecule has 0 aliphatic heterocycles. The van der Waals surface area contributed by atoms with Gasteiger partial charge in [-0.1, -0.05) is 6.92 Å².